The van der Waals surface area contributed by atoms with Gasteiger partial charge in [-0.3, -0.25) is 0 Å². The molecule has 0 fully saturated rings. The van der Waals surface area contributed by atoms with Gasteiger partial charge in [-0.15, -0.1) is 5.10 Å². The third-order valence-electron chi connectivity index (χ3n) is 1.71. The van der Waals surface area contributed by atoms with Crippen molar-refractivity contribution in [1.82, 2.24) is 9.59 Å². The number of hydrogen-bond donors (Lipinski definition) is 0. The third-order valence-corrected chi connectivity index (χ3v) is 2.69. The fourth-order valence-corrected chi connectivity index (χ4v) is 1.60. The van der Waals surface area contributed by atoms with E-state index in [1.807, 2.05) is 0 Å². The van der Waals surface area contributed by atoms with Gasteiger partial charge in [0, 0.05) is 11.5 Å². The van der Waals surface area contributed by atoms with E-state index in [1.54, 1.807) is 0 Å². The lowest BCUT2D eigenvalue weighted by atomic mass is 10.2. The van der Waals surface area contributed by atoms with Gasteiger partial charge in [0.1, 0.15) is 10.0 Å². The normalized spacial score (nSPS) is 13.2. The monoisotopic (exact) mass is 220 g/mol. The zero-order valence-electron chi connectivity index (χ0n) is 7.79. The van der Waals surface area contributed by atoms with Gasteiger partial charge < -0.3 is 4.74 Å². The number of nitrogens with zero attached hydrogens (tertiary/aromatic N) is 2. The largest absolute Gasteiger partial charge is 0.372 e. The van der Waals surface area contributed by atoms with Crippen molar-refractivity contribution in [3.05, 3.63) is 10.0 Å². The Morgan fingerprint density at radius 2 is 2.38 bits per heavy atom. The zero-order valence-corrected chi connectivity index (χ0v) is 9.36. The van der Waals surface area contributed by atoms with Crippen LogP contribution >= 0.6 is 23.1 Å². The highest BCUT2D eigenvalue weighted by atomic mass is 35.5. The predicted octanol–water partition coefficient (Wildman–Crippen LogP) is 2.90. The van der Waals surface area contributed by atoms with E-state index in [9.17, 15) is 0 Å². The van der Waals surface area contributed by atoms with Crippen molar-refractivity contribution >= 4 is 23.1 Å². The van der Waals surface area contributed by atoms with Gasteiger partial charge in [0.05, 0.1) is 12.7 Å². The van der Waals surface area contributed by atoms with E-state index < -0.39 is 0 Å². The summed E-state index contributed by atoms with van der Waals surface area (Å²) in [5, 5.41) is 3.86. The maximum atomic E-state index is 5.81. The van der Waals surface area contributed by atoms with Crippen LogP contribution in [0, 0.1) is 0 Å². The van der Waals surface area contributed by atoms with Gasteiger partial charge in [-0.05, 0) is 13.3 Å². The first-order valence-electron chi connectivity index (χ1n) is 4.32. The van der Waals surface area contributed by atoms with Crippen LogP contribution in [0.4, 0.5) is 0 Å². The lowest BCUT2D eigenvalue weighted by Crippen LogP contribution is -2.07. The third kappa shape index (κ3) is 3.58. The Kier molecular flexibility index (Phi) is 4.62. The van der Waals surface area contributed by atoms with Crippen LogP contribution in [0.2, 0.25) is 4.34 Å². The number of halogens is 1. The molecule has 0 amide bonds. The maximum Gasteiger partial charge on any atom is 0.139 e. The summed E-state index contributed by atoms with van der Waals surface area (Å²) in [6.45, 7) is 4.66. The van der Waals surface area contributed by atoms with Crippen LogP contribution in [0.25, 0.3) is 0 Å². The first kappa shape index (κ1) is 10.9. The summed E-state index contributed by atoms with van der Waals surface area (Å²) < 4.78 is 9.88. The Hall–Kier alpha value is -0.190. The molecular weight excluding hydrogens is 208 g/mol. The molecule has 0 aliphatic carbocycles. The molecule has 1 aromatic heterocycles. The van der Waals surface area contributed by atoms with Crippen molar-refractivity contribution in [1.29, 1.82) is 0 Å². The fraction of sp³-hybridized carbons (Fsp3) is 0.750. The second kappa shape index (κ2) is 5.52. The number of ether oxygens (including phenoxy) is 1. The first-order valence-corrected chi connectivity index (χ1v) is 5.47. The van der Waals surface area contributed by atoms with Gasteiger partial charge in [-0.25, -0.2) is 0 Å². The average Bonchev–Trinajstić information content (AvgIpc) is 2.48. The van der Waals surface area contributed by atoms with Crippen molar-refractivity contribution in [3.63, 3.8) is 0 Å². The van der Waals surface area contributed by atoms with Crippen molar-refractivity contribution in [2.45, 2.75) is 39.4 Å². The first-order chi connectivity index (χ1) is 6.24. The summed E-state index contributed by atoms with van der Waals surface area (Å²) in [7, 11) is 0. The minimum Gasteiger partial charge on any atom is -0.372 e. The number of hydrogen-bond acceptors (Lipinski definition) is 4. The lowest BCUT2D eigenvalue weighted by molar-refractivity contribution is 0.0453. The molecule has 3 nitrogen and oxygen atoms in total. The van der Waals surface area contributed by atoms with Gasteiger partial charge in [0.15, 0.2) is 0 Å². The SMILES string of the molecule is CCCC(C)OCc1nnsc1Cl. The molecule has 0 aliphatic rings. The summed E-state index contributed by atoms with van der Waals surface area (Å²) >= 11 is 7.01. The van der Waals surface area contributed by atoms with Gasteiger partial charge in [-0.1, -0.05) is 29.4 Å². The molecule has 1 atom stereocenters. The standard InChI is InChI=1S/C8H13ClN2OS/c1-3-4-6(2)12-5-7-8(9)13-11-10-7/h6H,3-5H2,1-2H3. The van der Waals surface area contributed by atoms with Gasteiger partial charge >= 0.3 is 0 Å². The number of rotatable bonds is 5. The molecule has 0 N–H and O–H groups in total. The summed E-state index contributed by atoms with van der Waals surface area (Å²) in [5.41, 5.74) is 0.745. The van der Waals surface area contributed by atoms with Gasteiger partial charge in [0.25, 0.3) is 0 Å². The van der Waals surface area contributed by atoms with Crippen molar-refractivity contribution < 1.29 is 4.74 Å². The molecule has 0 bridgehead atoms. The molecule has 0 spiro atoms. The molecule has 0 saturated carbocycles. The van der Waals surface area contributed by atoms with Crippen LogP contribution < -0.4 is 0 Å². The highest BCUT2D eigenvalue weighted by molar-refractivity contribution is 7.10. The predicted molar refractivity (Wildman–Crippen MR) is 54.1 cm³/mol. The second-order valence-electron chi connectivity index (χ2n) is 2.90. The maximum absolute atomic E-state index is 5.81. The van der Waals surface area contributed by atoms with E-state index >= 15 is 0 Å². The quantitative estimate of drug-likeness (QED) is 0.766. The highest BCUT2D eigenvalue weighted by Crippen LogP contribution is 2.18. The Balaban J connectivity index is 2.30. The summed E-state index contributed by atoms with van der Waals surface area (Å²) in [5.74, 6) is 0. The molecule has 13 heavy (non-hydrogen) atoms. The van der Waals surface area contributed by atoms with Crippen LogP contribution in [0.1, 0.15) is 32.4 Å². The topological polar surface area (TPSA) is 35.0 Å². The summed E-state index contributed by atoms with van der Waals surface area (Å²) in [6.07, 6.45) is 2.46. The van der Waals surface area contributed by atoms with Gasteiger partial charge in [0.2, 0.25) is 0 Å². The highest BCUT2D eigenvalue weighted by Gasteiger charge is 2.07. The Bertz CT molecular complexity index is 254. The summed E-state index contributed by atoms with van der Waals surface area (Å²) in [6, 6.07) is 0. The minimum absolute atomic E-state index is 0.266. The fourth-order valence-electron chi connectivity index (χ4n) is 0.994. The lowest BCUT2D eigenvalue weighted by Gasteiger charge is -2.09. The molecule has 1 rings (SSSR count). The van der Waals surface area contributed by atoms with Crippen molar-refractivity contribution in [2.75, 3.05) is 0 Å². The molecule has 1 unspecified atom stereocenters. The Morgan fingerprint density at radius 1 is 1.62 bits per heavy atom. The minimum atomic E-state index is 0.266. The van der Waals surface area contributed by atoms with E-state index in [4.69, 9.17) is 16.3 Å². The van der Waals surface area contributed by atoms with E-state index in [2.05, 4.69) is 23.4 Å². The summed E-state index contributed by atoms with van der Waals surface area (Å²) in [4.78, 5) is 0. The molecule has 1 aromatic rings. The van der Waals surface area contributed by atoms with E-state index in [0.717, 1.165) is 18.5 Å². The molecule has 0 radical (unpaired) electrons. The smallest absolute Gasteiger partial charge is 0.139 e. The van der Waals surface area contributed by atoms with Crippen LogP contribution in [0.3, 0.4) is 0 Å². The van der Waals surface area contributed by atoms with Crippen molar-refractivity contribution in [3.8, 4) is 0 Å². The second-order valence-corrected chi connectivity index (χ2v) is 4.26. The Labute approximate surface area is 87.2 Å². The van der Waals surface area contributed by atoms with E-state index in [-0.39, 0.29) is 6.10 Å². The van der Waals surface area contributed by atoms with Crippen LogP contribution in [-0.4, -0.2) is 15.7 Å². The number of aromatic nitrogens is 2. The molecular formula is C8H13ClN2OS. The molecule has 5 heteroatoms. The molecule has 0 aliphatic heterocycles. The molecule has 0 saturated heterocycles. The Morgan fingerprint density at radius 3 is 2.92 bits per heavy atom. The van der Waals surface area contributed by atoms with E-state index in [0.29, 0.717) is 10.9 Å². The molecule has 0 aromatic carbocycles. The zero-order chi connectivity index (χ0) is 9.68. The van der Waals surface area contributed by atoms with Crippen molar-refractivity contribution in [2.24, 2.45) is 0 Å². The van der Waals surface area contributed by atoms with Gasteiger partial charge in [-0.2, -0.15) is 0 Å². The molecule has 74 valence electrons. The van der Waals surface area contributed by atoms with Crippen LogP contribution in [-0.2, 0) is 11.3 Å². The average molecular weight is 221 g/mol. The van der Waals surface area contributed by atoms with Crippen LogP contribution in [0.5, 0.6) is 0 Å². The molecule has 1 heterocycles. The van der Waals surface area contributed by atoms with E-state index in [1.165, 1.54) is 11.5 Å². The van der Waals surface area contributed by atoms with Crippen LogP contribution in [0.15, 0.2) is 0 Å².